The highest BCUT2D eigenvalue weighted by Crippen LogP contribution is 2.17. The average molecular weight is 393 g/mol. The minimum absolute atomic E-state index is 0.0808. The zero-order chi connectivity index (χ0) is 20.3. The normalized spacial score (nSPS) is 14.7. The summed E-state index contributed by atoms with van der Waals surface area (Å²) in [6.07, 6.45) is 2.94. The molecular weight excluding hydrogens is 364 g/mol. The number of hydrogen-bond donors (Lipinski definition) is 0. The maximum Gasteiger partial charge on any atom is 0.322 e. The van der Waals surface area contributed by atoms with Crippen LogP contribution in [0.2, 0.25) is 0 Å². The lowest BCUT2D eigenvalue weighted by Gasteiger charge is -2.42. The number of carbonyl (C=O) groups is 1. The first-order valence-electron chi connectivity index (χ1n) is 10.1. The summed E-state index contributed by atoms with van der Waals surface area (Å²) in [7, 11) is 0. The van der Waals surface area contributed by atoms with Gasteiger partial charge in [-0.05, 0) is 29.5 Å². The first-order chi connectivity index (χ1) is 14.3. The Bertz CT molecular complexity index is 753. The van der Waals surface area contributed by atoms with Crippen LogP contribution in [0.1, 0.15) is 30.4 Å². The fraction of sp³-hybridized carbons (Fsp3) is 0.409. The number of nitrogens with zero attached hydrogens (tertiary/aromatic N) is 6. The summed E-state index contributed by atoms with van der Waals surface area (Å²) in [5, 5.41) is 3.59. The molecule has 0 aromatic heterocycles. The van der Waals surface area contributed by atoms with Crippen molar-refractivity contribution in [3.63, 3.8) is 0 Å². The first kappa shape index (κ1) is 20.7. The Kier molecular flexibility index (Phi) is 7.92. The number of carbonyl (C=O) groups excluding carboxylic acids is 1. The van der Waals surface area contributed by atoms with Gasteiger partial charge in [0.05, 0.1) is 13.3 Å². The van der Waals surface area contributed by atoms with Gasteiger partial charge >= 0.3 is 6.03 Å². The highest BCUT2D eigenvalue weighted by molar-refractivity contribution is 5.75. The number of rotatable bonds is 10. The van der Waals surface area contributed by atoms with E-state index in [9.17, 15) is 4.79 Å². The number of unbranched alkanes of at least 4 members (excludes halogenated alkanes) is 2. The van der Waals surface area contributed by atoms with Crippen molar-refractivity contribution < 1.29 is 4.79 Å². The van der Waals surface area contributed by atoms with Gasteiger partial charge in [0.15, 0.2) is 0 Å². The summed E-state index contributed by atoms with van der Waals surface area (Å²) < 4.78 is 0. The van der Waals surface area contributed by atoms with Gasteiger partial charge in [-0.15, -0.1) is 0 Å². The van der Waals surface area contributed by atoms with Crippen molar-refractivity contribution in [1.29, 1.82) is 0 Å². The molecule has 0 aliphatic carbocycles. The van der Waals surface area contributed by atoms with E-state index in [1.165, 1.54) is 0 Å². The van der Waals surface area contributed by atoms with Gasteiger partial charge in [-0.3, -0.25) is 4.90 Å². The van der Waals surface area contributed by atoms with E-state index < -0.39 is 0 Å². The lowest BCUT2D eigenvalue weighted by Crippen LogP contribution is -2.57. The molecule has 0 spiro atoms. The van der Waals surface area contributed by atoms with E-state index in [1.807, 2.05) is 46.2 Å². The summed E-state index contributed by atoms with van der Waals surface area (Å²) in [4.78, 5) is 22.1. The van der Waals surface area contributed by atoms with Crippen molar-refractivity contribution in [2.75, 3.05) is 26.4 Å². The molecule has 29 heavy (non-hydrogen) atoms. The third-order valence-electron chi connectivity index (χ3n) is 5.01. The van der Waals surface area contributed by atoms with Gasteiger partial charge < -0.3 is 9.80 Å². The van der Waals surface area contributed by atoms with E-state index in [-0.39, 0.29) is 6.03 Å². The van der Waals surface area contributed by atoms with Crippen LogP contribution in [0.15, 0.2) is 65.8 Å². The highest BCUT2D eigenvalue weighted by Gasteiger charge is 2.29. The third-order valence-corrected chi connectivity index (χ3v) is 5.01. The molecule has 3 rings (SSSR count). The number of amides is 2. The fourth-order valence-corrected chi connectivity index (χ4v) is 3.57. The first-order valence-corrected chi connectivity index (χ1v) is 10.1. The maximum atomic E-state index is 13.1. The van der Waals surface area contributed by atoms with Gasteiger partial charge in [0.25, 0.3) is 0 Å². The zero-order valence-electron chi connectivity index (χ0n) is 16.7. The predicted molar refractivity (Wildman–Crippen MR) is 114 cm³/mol. The lowest BCUT2D eigenvalue weighted by atomic mass is 10.2. The summed E-state index contributed by atoms with van der Waals surface area (Å²) in [5.41, 5.74) is 10.6. The number of urea groups is 1. The van der Waals surface area contributed by atoms with Crippen molar-refractivity contribution >= 4 is 6.03 Å². The SMILES string of the molecule is [N-]=[N+]=NCCCCCN1CN(Cc2ccccc2)C(=O)N(Cc2ccccc2)C1. The summed E-state index contributed by atoms with van der Waals surface area (Å²) in [5.74, 6) is 0. The second-order valence-electron chi connectivity index (χ2n) is 7.34. The Morgan fingerprint density at radius 1 is 0.828 bits per heavy atom. The Morgan fingerprint density at radius 2 is 1.38 bits per heavy atom. The van der Waals surface area contributed by atoms with Crippen LogP contribution in [0.4, 0.5) is 4.79 Å². The Hall–Kier alpha value is -3.02. The number of azide groups is 1. The topological polar surface area (TPSA) is 75.5 Å². The van der Waals surface area contributed by atoms with Crippen LogP contribution in [0, 0.1) is 0 Å². The van der Waals surface area contributed by atoms with E-state index >= 15 is 0 Å². The van der Waals surface area contributed by atoms with E-state index in [0.29, 0.717) is 33.0 Å². The lowest BCUT2D eigenvalue weighted by molar-refractivity contribution is 0.0258. The van der Waals surface area contributed by atoms with Crippen LogP contribution in [0.5, 0.6) is 0 Å². The molecule has 0 saturated carbocycles. The van der Waals surface area contributed by atoms with Gasteiger partial charge in [-0.25, -0.2) is 4.79 Å². The van der Waals surface area contributed by atoms with E-state index in [1.54, 1.807) is 0 Å². The molecule has 1 heterocycles. The van der Waals surface area contributed by atoms with Crippen LogP contribution < -0.4 is 0 Å². The molecule has 0 atom stereocenters. The molecule has 0 bridgehead atoms. The number of hydrogen-bond acceptors (Lipinski definition) is 3. The molecule has 1 aliphatic heterocycles. The van der Waals surface area contributed by atoms with Gasteiger partial charge in [0.2, 0.25) is 0 Å². The van der Waals surface area contributed by atoms with Crippen molar-refractivity contribution in [2.45, 2.75) is 32.4 Å². The van der Waals surface area contributed by atoms with E-state index in [4.69, 9.17) is 5.53 Å². The zero-order valence-corrected chi connectivity index (χ0v) is 16.7. The van der Waals surface area contributed by atoms with Crippen molar-refractivity contribution in [3.05, 3.63) is 82.2 Å². The average Bonchev–Trinajstić information content (AvgIpc) is 2.75. The maximum absolute atomic E-state index is 13.1. The molecule has 2 amide bonds. The van der Waals surface area contributed by atoms with Crippen LogP contribution >= 0.6 is 0 Å². The van der Waals surface area contributed by atoms with Crippen molar-refractivity contribution in [1.82, 2.24) is 14.7 Å². The molecular formula is C22H28N6O. The van der Waals surface area contributed by atoms with E-state index in [2.05, 4.69) is 39.2 Å². The fourth-order valence-electron chi connectivity index (χ4n) is 3.57. The molecule has 1 fully saturated rings. The molecule has 0 radical (unpaired) electrons. The molecule has 7 heteroatoms. The second kappa shape index (κ2) is 11.1. The Morgan fingerprint density at radius 3 is 1.90 bits per heavy atom. The van der Waals surface area contributed by atoms with Gasteiger partial charge in [0, 0.05) is 31.1 Å². The van der Waals surface area contributed by atoms with Crippen LogP contribution in [0.25, 0.3) is 10.4 Å². The van der Waals surface area contributed by atoms with Crippen LogP contribution in [-0.4, -0.2) is 47.2 Å². The number of benzene rings is 2. The Labute approximate surface area is 172 Å². The molecule has 2 aromatic carbocycles. The monoisotopic (exact) mass is 392 g/mol. The van der Waals surface area contributed by atoms with Crippen molar-refractivity contribution in [3.8, 4) is 0 Å². The summed E-state index contributed by atoms with van der Waals surface area (Å²) >= 11 is 0. The van der Waals surface area contributed by atoms with Crippen LogP contribution in [0.3, 0.4) is 0 Å². The largest absolute Gasteiger partial charge is 0.322 e. The molecule has 0 N–H and O–H groups in total. The second-order valence-corrected chi connectivity index (χ2v) is 7.34. The third kappa shape index (κ3) is 6.52. The standard InChI is InChI=1S/C22H28N6O/c23-25-24-14-8-3-9-15-26-18-27(16-20-10-4-1-5-11-20)22(29)28(19-26)17-21-12-6-2-7-13-21/h1-2,4-7,10-13H,3,8-9,14-19H2. The van der Waals surface area contributed by atoms with Crippen LogP contribution in [-0.2, 0) is 13.1 Å². The molecule has 152 valence electrons. The van der Waals surface area contributed by atoms with Crippen molar-refractivity contribution in [2.24, 2.45) is 5.11 Å². The minimum Gasteiger partial charge on any atom is -0.307 e. The molecule has 1 aliphatic rings. The Balaban J connectivity index is 1.63. The van der Waals surface area contributed by atoms with Gasteiger partial charge in [-0.1, -0.05) is 72.2 Å². The van der Waals surface area contributed by atoms with Gasteiger partial charge in [0.1, 0.15) is 0 Å². The summed E-state index contributed by atoms with van der Waals surface area (Å²) in [6.45, 7) is 3.96. The molecule has 1 saturated heterocycles. The minimum atomic E-state index is 0.0808. The predicted octanol–water partition coefficient (Wildman–Crippen LogP) is 4.82. The quantitative estimate of drug-likeness (QED) is 0.251. The highest BCUT2D eigenvalue weighted by atomic mass is 16.2. The molecule has 7 nitrogen and oxygen atoms in total. The summed E-state index contributed by atoms with van der Waals surface area (Å²) in [6, 6.07) is 20.3. The molecule has 0 unspecified atom stereocenters. The van der Waals surface area contributed by atoms with Gasteiger partial charge in [-0.2, -0.15) is 0 Å². The molecule has 2 aromatic rings. The van der Waals surface area contributed by atoms with E-state index in [0.717, 1.165) is 36.9 Å². The smallest absolute Gasteiger partial charge is 0.307 e.